The average molecular weight is 271 g/mol. The van der Waals surface area contributed by atoms with Crippen molar-refractivity contribution in [3.05, 3.63) is 28.6 Å². The first-order valence-corrected chi connectivity index (χ1v) is 4.69. The third-order valence-electron chi connectivity index (χ3n) is 1.94. The molecular weight excluding hydrogens is 267 g/mol. The summed E-state index contributed by atoms with van der Waals surface area (Å²) in [6.07, 6.45) is -8.03. The van der Waals surface area contributed by atoms with Crippen molar-refractivity contribution in [3.8, 4) is 6.07 Å². The third kappa shape index (κ3) is 2.64. The Morgan fingerprint density at radius 2 is 2.00 bits per heavy atom. The van der Waals surface area contributed by atoms with Gasteiger partial charge in [-0.2, -0.15) is 18.4 Å². The Bertz CT molecular complexity index is 464. The van der Waals surface area contributed by atoms with E-state index in [0.29, 0.717) is 6.20 Å². The fourth-order valence-corrected chi connectivity index (χ4v) is 1.46. The minimum Gasteiger partial charge on any atom is -0.258 e. The molecule has 0 fully saturated rings. The number of halogens is 6. The molecule has 0 unspecified atom stereocenters. The monoisotopic (exact) mass is 270 g/mol. The first-order valence-electron chi connectivity index (χ1n) is 4.16. The average Bonchev–Trinajstić information content (AvgIpc) is 2.25. The lowest BCUT2D eigenvalue weighted by molar-refractivity contribution is -0.139. The summed E-state index contributed by atoms with van der Waals surface area (Å²) in [5, 5.41) is 8.61. The molecular formula is C9H4ClF5N2. The van der Waals surface area contributed by atoms with Crippen LogP contribution in [-0.2, 0) is 12.1 Å². The molecule has 8 heteroatoms. The van der Waals surface area contributed by atoms with Gasteiger partial charge in [-0.3, -0.25) is 4.98 Å². The molecule has 0 aliphatic heterocycles. The van der Waals surface area contributed by atoms with Crippen LogP contribution in [0.4, 0.5) is 22.0 Å². The molecule has 0 aliphatic carbocycles. The van der Waals surface area contributed by atoms with E-state index in [1.165, 1.54) is 6.07 Å². The van der Waals surface area contributed by atoms with Crippen LogP contribution in [0, 0.1) is 11.3 Å². The Morgan fingerprint density at radius 3 is 2.35 bits per heavy atom. The lowest BCUT2D eigenvalue weighted by Gasteiger charge is -2.15. The van der Waals surface area contributed by atoms with E-state index in [-0.39, 0.29) is 5.69 Å². The van der Waals surface area contributed by atoms with Gasteiger partial charge in [-0.15, -0.1) is 11.6 Å². The Balaban J connectivity index is 3.64. The lowest BCUT2D eigenvalue weighted by Crippen LogP contribution is -2.15. The second-order valence-electron chi connectivity index (χ2n) is 2.95. The summed E-state index contributed by atoms with van der Waals surface area (Å²) < 4.78 is 62.7. The molecule has 0 bridgehead atoms. The van der Waals surface area contributed by atoms with Gasteiger partial charge in [0.1, 0.15) is 6.07 Å². The van der Waals surface area contributed by atoms with Crippen LogP contribution in [-0.4, -0.2) is 4.98 Å². The van der Waals surface area contributed by atoms with Crippen LogP contribution < -0.4 is 0 Å². The van der Waals surface area contributed by atoms with E-state index < -0.39 is 35.2 Å². The van der Waals surface area contributed by atoms with E-state index in [9.17, 15) is 22.0 Å². The zero-order valence-corrected chi connectivity index (χ0v) is 8.78. The standard InChI is InChI=1S/C9H4ClF5N2/c10-1-6-4(2-16)7(9(13,14)15)5(3-17-6)8(11)12/h3,8H,1H2. The number of rotatable bonds is 2. The van der Waals surface area contributed by atoms with E-state index in [2.05, 4.69) is 4.98 Å². The molecule has 1 rings (SSSR count). The van der Waals surface area contributed by atoms with Crippen LogP contribution in [0.25, 0.3) is 0 Å². The Kier molecular flexibility index (Phi) is 3.88. The van der Waals surface area contributed by atoms with E-state index in [4.69, 9.17) is 16.9 Å². The highest BCUT2D eigenvalue weighted by atomic mass is 35.5. The SMILES string of the molecule is N#Cc1c(CCl)ncc(C(F)F)c1C(F)(F)F. The van der Waals surface area contributed by atoms with Gasteiger partial charge in [0.25, 0.3) is 6.43 Å². The smallest absolute Gasteiger partial charge is 0.258 e. The first-order chi connectivity index (χ1) is 7.82. The molecule has 0 saturated heterocycles. The lowest BCUT2D eigenvalue weighted by atomic mass is 10.0. The van der Waals surface area contributed by atoms with Crippen molar-refractivity contribution in [2.24, 2.45) is 0 Å². The Morgan fingerprint density at radius 1 is 1.41 bits per heavy atom. The van der Waals surface area contributed by atoms with Gasteiger partial charge in [0.15, 0.2) is 0 Å². The summed E-state index contributed by atoms with van der Waals surface area (Å²) in [6.45, 7) is 0. The molecule has 0 aromatic carbocycles. The van der Waals surface area contributed by atoms with E-state index in [0.717, 1.165) is 0 Å². The first kappa shape index (κ1) is 13.6. The van der Waals surface area contributed by atoms with Gasteiger partial charge in [-0.05, 0) is 0 Å². The second kappa shape index (κ2) is 4.84. The highest BCUT2D eigenvalue weighted by Gasteiger charge is 2.40. The van der Waals surface area contributed by atoms with E-state index >= 15 is 0 Å². The summed E-state index contributed by atoms with van der Waals surface area (Å²) in [6, 6.07) is 1.22. The minimum absolute atomic E-state index is 0.370. The molecule has 0 aliphatic rings. The van der Waals surface area contributed by atoms with Crippen LogP contribution in [0.15, 0.2) is 6.20 Å². The van der Waals surface area contributed by atoms with Crippen LogP contribution in [0.1, 0.15) is 28.8 Å². The number of alkyl halides is 6. The maximum absolute atomic E-state index is 12.6. The zero-order chi connectivity index (χ0) is 13.2. The highest BCUT2D eigenvalue weighted by molar-refractivity contribution is 6.17. The number of aromatic nitrogens is 1. The molecule has 0 radical (unpaired) electrons. The zero-order valence-electron chi connectivity index (χ0n) is 8.02. The third-order valence-corrected chi connectivity index (χ3v) is 2.20. The summed E-state index contributed by atoms with van der Waals surface area (Å²) >= 11 is 5.30. The molecule has 0 atom stereocenters. The van der Waals surface area contributed by atoms with E-state index in [1.54, 1.807) is 0 Å². The summed E-state index contributed by atoms with van der Waals surface area (Å²) in [5.74, 6) is -0.463. The summed E-state index contributed by atoms with van der Waals surface area (Å²) in [7, 11) is 0. The van der Waals surface area contributed by atoms with Gasteiger partial charge < -0.3 is 0 Å². The van der Waals surface area contributed by atoms with Gasteiger partial charge in [0.2, 0.25) is 0 Å². The minimum atomic E-state index is -5.05. The van der Waals surface area contributed by atoms with E-state index in [1.807, 2.05) is 0 Å². The van der Waals surface area contributed by atoms with Gasteiger partial charge >= 0.3 is 6.18 Å². The molecule has 0 amide bonds. The molecule has 92 valence electrons. The largest absolute Gasteiger partial charge is 0.418 e. The predicted molar refractivity (Wildman–Crippen MR) is 48.5 cm³/mol. The van der Waals surface area contributed by atoms with Gasteiger partial charge in [0, 0.05) is 11.8 Å². The van der Waals surface area contributed by atoms with Crippen molar-refractivity contribution in [2.75, 3.05) is 0 Å². The van der Waals surface area contributed by atoms with Crippen LogP contribution in [0.5, 0.6) is 0 Å². The van der Waals surface area contributed by atoms with Crippen molar-refractivity contribution in [1.29, 1.82) is 5.26 Å². The number of nitriles is 1. The Hall–Kier alpha value is -1.42. The quantitative estimate of drug-likeness (QED) is 0.607. The normalized spacial score (nSPS) is 11.6. The predicted octanol–water partition coefficient (Wildman–Crippen LogP) is 3.65. The number of hydrogen-bond donors (Lipinski definition) is 0. The molecule has 0 spiro atoms. The van der Waals surface area contributed by atoms with Crippen molar-refractivity contribution in [3.63, 3.8) is 0 Å². The van der Waals surface area contributed by atoms with Crippen LogP contribution in [0.2, 0.25) is 0 Å². The van der Waals surface area contributed by atoms with Gasteiger partial charge in [0.05, 0.1) is 22.7 Å². The number of pyridine rings is 1. The van der Waals surface area contributed by atoms with Crippen molar-refractivity contribution < 1.29 is 22.0 Å². The Labute approximate surface area is 97.6 Å². The summed E-state index contributed by atoms with van der Waals surface area (Å²) in [5.41, 5.74) is -4.31. The fraction of sp³-hybridized carbons (Fsp3) is 0.333. The number of nitrogens with zero attached hydrogens (tertiary/aromatic N) is 2. The maximum Gasteiger partial charge on any atom is 0.418 e. The molecule has 2 nitrogen and oxygen atoms in total. The molecule has 0 N–H and O–H groups in total. The van der Waals surface area contributed by atoms with Gasteiger partial charge in [-0.25, -0.2) is 8.78 Å². The molecule has 17 heavy (non-hydrogen) atoms. The van der Waals surface area contributed by atoms with Crippen molar-refractivity contribution in [1.82, 2.24) is 4.98 Å². The maximum atomic E-state index is 12.6. The van der Waals surface area contributed by atoms with Crippen molar-refractivity contribution >= 4 is 11.6 Å². The van der Waals surface area contributed by atoms with Crippen LogP contribution in [0.3, 0.4) is 0 Å². The fourth-order valence-electron chi connectivity index (χ4n) is 1.26. The highest BCUT2D eigenvalue weighted by Crippen LogP contribution is 2.39. The molecule has 1 aromatic rings. The van der Waals surface area contributed by atoms with Crippen molar-refractivity contribution in [2.45, 2.75) is 18.5 Å². The van der Waals surface area contributed by atoms with Gasteiger partial charge in [-0.1, -0.05) is 0 Å². The summed E-state index contributed by atoms with van der Waals surface area (Å²) in [4.78, 5) is 3.33. The number of hydrogen-bond acceptors (Lipinski definition) is 2. The van der Waals surface area contributed by atoms with Crippen LogP contribution >= 0.6 is 11.6 Å². The second-order valence-corrected chi connectivity index (χ2v) is 3.22. The molecule has 1 heterocycles. The molecule has 0 saturated carbocycles. The molecule has 1 aromatic heterocycles. The topological polar surface area (TPSA) is 36.7 Å².